The van der Waals surface area contributed by atoms with E-state index in [0.717, 1.165) is 0 Å². The van der Waals surface area contributed by atoms with E-state index in [0.29, 0.717) is 10.8 Å². The van der Waals surface area contributed by atoms with Crippen LogP contribution in [0.5, 0.6) is 5.75 Å². The molecule has 0 atom stereocenters. The number of halogens is 1. The Morgan fingerprint density at radius 1 is 1.47 bits per heavy atom. The number of amides is 1. The van der Waals surface area contributed by atoms with Gasteiger partial charge in [0, 0.05) is 11.1 Å². The number of carbonyl (C=O) groups is 1. The maximum atomic E-state index is 11.7. The zero-order valence-corrected chi connectivity index (χ0v) is 9.44. The molecule has 0 fully saturated rings. The van der Waals surface area contributed by atoms with Crippen LogP contribution in [0.3, 0.4) is 0 Å². The first-order valence-electron chi connectivity index (χ1n) is 4.83. The number of benzene rings is 1. The Hall–Kier alpha value is -2.01. The van der Waals surface area contributed by atoms with Gasteiger partial charge in [-0.25, -0.2) is 0 Å². The number of aromatic hydroxyl groups is 1. The molecule has 0 aliphatic heterocycles. The first-order valence-corrected chi connectivity index (χ1v) is 5.21. The van der Waals surface area contributed by atoms with Crippen molar-refractivity contribution in [2.45, 2.75) is 6.54 Å². The molecule has 17 heavy (non-hydrogen) atoms. The van der Waals surface area contributed by atoms with Crippen LogP contribution in [0, 0.1) is 0 Å². The molecule has 0 aliphatic rings. The number of phenols is 1. The zero-order chi connectivity index (χ0) is 12.3. The number of hydrogen-bond donors (Lipinski definition) is 2. The number of nitrogens with one attached hydrogen (secondary N) is 1. The molecule has 0 bridgehead atoms. The van der Waals surface area contributed by atoms with Crippen molar-refractivity contribution in [3.8, 4) is 5.75 Å². The van der Waals surface area contributed by atoms with Crippen LogP contribution in [0.2, 0.25) is 5.02 Å². The molecule has 0 spiro atoms. The van der Waals surface area contributed by atoms with E-state index in [-0.39, 0.29) is 17.9 Å². The highest BCUT2D eigenvalue weighted by Gasteiger charge is 2.11. The standard InChI is InChI=1S/C11H9ClN2O3/c12-7-1-2-9(10(15)5-7)11(16)13-6-8-3-4-14-17-8/h1-5,15H,6H2,(H,13,16). The van der Waals surface area contributed by atoms with Crippen LogP contribution in [0.1, 0.15) is 16.1 Å². The highest BCUT2D eigenvalue weighted by atomic mass is 35.5. The molecule has 5 nitrogen and oxygen atoms in total. The molecule has 0 aliphatic carbocycles. The fourth-order valence-electron chi connectivity index (χ4n) is 1.29. The van der Waals surface area contributed by atoms with Gasteiger partial charge in [0.05, 0.1) is 18.3 Å². The van der Waals surface area contributed by atoms with E-state index in [1.54, 1.807) is 6.07 Å². The van der Waals surface area contributed by atoms with Crippen LogP contribution in [0.4, 0.5) is 0 Å². The Balaban J connectivity index is 2.04. The summed E-state index contributed by atoms with van der Waals surface area (Å²) in [6.45, 7) is 0.209. The van der Waals surface area contributed by atoms with Crippen molar-refractivity contribution in [2.75, 3.05) is 0 Å². The summed E-state index contributed by atoms with van der Waals surface area (Å²) in [5.74, 6) is -0.0325. The molecule has 1 aromatic heterocycles. The summed E-state index contributed by atoms with van der Waals surface area (Å²) in [7, 11) is 0. The van der Waals surface area contributed by atoms with E-state index in [2.05, 4.69) is 10.5 Å². The average Bonchev–Trinajstić information content (AvgIpc) is 2.78. The quantitative estimate of drug-likeness (QED) is 0.876. The van der Waals surface area contributed by atoms with E-state index < -0.39 is 5.91 Å². The van der Waals surface area contributed by atoms with Gasteiger partial charge in [-0.15, -0.1) is 0 Å². The van der Waals surface area contributed by atoms with Gasteiger partial charge in [0.1, 0.15) is 5.75 Å². The van der Waals surface area contributed by atoms with Crippen molar-refractivity contribution in [3.63, 3.8) is 0 Å². The molecule has 0 saturated carbocycles. The lowest BCUT2D eigenvalue weighted by atomic mass is 10.2. The van der Waals surface area contributed by atoms with Crippen LogP contribution in [-0.4, -0.2) is 16.2 Å². The van der Waals surface area contributed by atoms with E-state index in [4.69, 9.17) is 16.1 Å². The molecule has 6 heteroatoms. The molecule has 0 radical (unpaired) electrons. The highest BCUT2D eigenvalue weighted by molar-refractivity contribution is 6.30. The first-order chi connectivity index (χ1) is 8.16. The Morgan fingerprint density at radius 2 is 2.29 bits per heavy atom. The number of phenolic OH excluding ortho intramolecular Hbond substituents is 1. The Morgan fingerprint density at radius 3 is 2.94 bits per heavy atom. The number of aromatic nitrogens is 1. The van der Waals surface area contributed by atoms with Crippen LogP contribution in [0.15, 0.2) is 35.0 Å². The lowest BCUT2D eigenvalue weighted by Gasteiger charge is -2.05. The molecule has 1 amide bonds. The number of nitrogens with zero attached hydrogens (tertiary/aromatic N) is 1. The minimum absolute atomic E-state index is 0.160. The Kier molecular flexibility index (Phi) is 3.30. The Labute approximate surface area is 102 Å². The molecule has 1 aromatic carbocycles. The van der Waals surface area contributed by atoms with Gasteiger partial charge in [-0.3, -0.25) is 4.79 Å². The SMILES string of the molecule is O=C(NCc1ccno1)c1ccc(Cl)cc1O. The van der Waals surface area contributed by atoms with Gasteiger partial charge in [-0.2, -0.15) is 0 Å². The Bertz CT molecular complexity index is 526. The molecule has 2 rings (SSSR count). The topological polar surface area (TPSA) is 75.4 Å². The van der Waals surface area contributed by atoms with Gasteiger partial charge in [-0.1, -0.05) is 16.8 Å². The van der Waals surface area contributed by atoms with E-state index >= 15 is 0 Å². The van der Waals surface area contributed by atoms with Gasteiger partial charge < -0.3 is 14.9 Å². The molecule has 88 valence electrons. The van der Waals surface area contributed by atoms with Crippen molar-refractivity contribution in [2.24, 2.45) is 0 Å². The fourth-order valence-corrected chi connectivity index (χ4v) is 1.46. The predicted molar refractivity (Wildman–Crippen MR) is 60.8 cm³/mol. The molecule has 2 N–H and O–H groups in total. The number of rotatable bonds is 3. The summed E-state index contributed by atoms with van der Waals surface area (Å²) in [5.41, 5.74) is 0.161. The van der Waals surface area contributed by atoms with Crippen LogP contribution in [0.25, 0.3) is 0 Å². The predicted octanol–water partition coefficient (Wildman–Crippen LogP) is 1.96. The third kappa shape index (κ3) is 2.76. The molecular weight excluding hydrogens is 244 g/mol. The first kappa shape index (κ1) is 11.5. The minimum atomic E-state index is -0.407. The van der Waals surface area contributed by atoms with Crippen molar-refractivity contribution in [1.82, 2.24) is 10.5 Å². The van der Waals surface area contributed by atoms with Crippen molar-refractivity contribution in [1.29, 1.82) is 0 Å². The zero-order valence-electron chi connectivity index (χ0n) is 8.68. The van der Waals surface area contributed by atoms with Gasteiger partial charge in [0.15, 0.2) is 5.76 Å². The van der Waals surface area contributed by atoms with E-state index in [1.807, 2.05) is 0 Å². The normalized spacial score (nSPS) is 10.2. The fraction of sp³-hybridized carbons (Fsp3) is 0.0909. The maximum Gasteiger partial charge on any atom is 0.255 e. The summed E-state index contributed by atoms with van der Waals surface area (Å²) < 4.78 is 4.82. The van der Waals surface area contributed by atoms with Gasteiger partial charge >= 0.3 is 0 Å². The summed E-state index contributed by atoms with van der Waals surface area (Å²) in [6, 6.07) is 5.94. The van der Waals surface area contributed by atoms with Gasteiger partial charge in [0.2, 0.25) is 0 Å². The average molecular weight is 253 g/mol. The van der Waals surface area contributed by atoms with Crippen LogP contribution >= 0.6 is 11.6 Å². The third-order valence-electron chi connectivity index (χ3n) is 2.12. The minimum Gasteiger partial charge on any atom is -0.507 e. The van der Waals surface area contributed by atoms with Crippen LogP contribution in [-0.2, 0) is 6.54 Å². The smallest absolute Gasteiger partial charge is 0.255 e. The lowest BCUT2D eigenvalue weighted by molar-refractivity contribution is 0.0944. The molecule has 0 unspecified atom stereocenters. The van der Waals surface area contributed by atoms with Crippen molar-refractivity contribution >= 4 is 17.5 Å². The van der Waals surface area contributed by atoms with E-state index in [9.17, 15) is 9.90 Å². The van der Waals surface area contributed by atoms with Crippen LogP contribution < -0.4 is 5.32 Å². The lowest BCUT2D eigenvalue weighted by Crippen LogP contribution is -2.22. The maximum absolute atomic E-state index is 11.7. The number of hydrogen-bond acceptors (Lipinski definition) is 4. The third-order valence-corrected chi connectivity index (χ3v) is 2.35. The molecular formula is C11H9ClN2O3. The van der Waals surface area contributed by atoms with Gasteiger partial charge in [0.25, 0.3) is 5.91 Å². The van der Waals surface area contributed by atoms with Crippen molar-refractivity contribution < 1.29 is 14.4 Å². The van der Waals surface area contributed by atoms with Gasteiger partial charge in [-0.05, 0) is 18.2 Å². The summed E-state index contributed by atoms with van der Waals surface area (Å²) in [5, 5.41) is 16.0. The number of carbonyl (C=O) groups excluding carboxylic acids is 1. The molecule has 2 aromatic rings. The summed E-state index contributed by atoms with van der Waals surface area (Å²) in [6.07, 6.45) is 1.49. The molecule has 0 saturated heterocycles. The second-order valence-electron chi connectivity index (χ2n) is 3.32. The monoisotopic (exact) mass is 252 g/mol. The molecule has 1 heterocycles. The second kappa shape index (κ2) is 4.88. The largest absolute Gasteiger partial charge is 0.507 e. The van der Waals surface area contributed by atoms with E-state index in [1.165, 1.54) is 24.4 Å². The highest BCUT2D eigenvalue weighted by Crippen LogP contribution is 2.21. The van der Waals surface area contributed by atoms with Crippen molar-refractivity contribution in [3.05, 3.63) is 46.8 Å². The second-order valence-corrected chi connectivity index (χ2v) is 3.76. The summed E-state index contributed by atoms with van der Waals surface area (Å²) >= 11 is 5.66. The summed E-state index contributed by atoms with van der Waals surface area (Å²) in [4.78, 5) is 11.7.